The van der Waals surface area contributed by atoms with Gasteiger partial charge in [0.25, 0.3) is 0 Å². The van der Waals surface area contributed by atoms with E-state index in [0.29, 0.717) is 25.4 Å². The van der Waals surface area contributed by atoms with Crippen LogP contribution in [-0.4, -0.2) is 73.0 Å². The molecular formula is C16H28N3O4P. The van der Waals surface area contributed by atoms with E-state index in [0.717, 1.165) is 45.4 Å². The molecule has 2 saturated heterocycles. The van der Waals surface area contributed by atoms with Gasteiger partial charge in [-0.25, -0.2) is 4.79 Å². The summed E-state index contributed by atoms with van der Waals surface area (Å²) >= 11 is 0. The third kappa shape index (κ3) is 2.44. The molecule has 2 bridgehead atoms. The van der Waals surface area contributed by atoms with Crippen molar-refractivity contribution in [2.45, 2.75) is 44.7 Å². The summed E-state index contributed by atoms with van der Waals surface area (Å²) in [6.07, 6.45) is 3.35. The highest BCUT2D eigenvalue weighted by molar-refractivity contribution is 7.53. The summed E-state index contributed by atoms with van der Waals surface area (Å²) in [7, 11) is -2.99. The van der Waals surface area contributed by atoms with Gasteiger partial charge in [-0.1, -0.05) is 0 Å². The van der Waals surface area contributed by atoms with Crippen molar-refractivity contribution in [2.75, 3.05) is 45.6 Å². The highest BCUT2D eigenvalue weighted by Gasteiger charge is 2.73. The first kappa shape index (κ1) is 16.8. The van der Waals surface area contributed by atoms with Gasteiger partial charge in [0, 0.05) is 31.7 Å². The lowest BCUT2D eigenvalue weighted by molar-refractivity contribution is -0.187. The zero-order valence-corrected chi connectivity index (χ0v) is 15.5. The van der Waals surface area contributed by atoms with Crippen LogP contribution in [0.15, 0.2) is 0 Å². The van der Waals surface area contributed by atoms with Gasteiger partial charge in [0.1, 0.15) is 0 Å². The van der Waals surface area contributed by atoms with Crippen LogP contribution in [0.4, 0.5) is 4.79 Å². The maximum Gasteiger partial charge on any atom is 0.331 e. The number of piperazine rings is 1. The van der Waals surface area contributed by atoms with Crippen molar-refractivity contribution in [2.24, 2.45) is 5.41 Å². The molecule has 5 rings (SSSR count). The van der Waals surface area contributed by atoms with Gasteiger partial charge in [0.2, 0.25) is 0 Å². The number of carbonyl (C=O) groups excluding carboxylic acids is 1. The molecule has 2 heterocycles. The van der Waals surface area contributed by atoms with Gasteiger partial charge in [-0.15, -0.1) is 0 Å². The van der Waals surface area contributed by atoms with Gasteiger partial charge >= 0.3 is 13.6 Å². The Balaban J connectivity index is 1.39. The lowest BCUT2D eigenvalue weighted by Gasteiger charge is -2.73. The number of urea groups is 1. The number of nitrogens with zero attached hydrogens (tertiary/aromatic N) is 2. The smallest absolute Gasteiger partial charge is 0.317 e. The van der Waals surface area contributed by atoms with Gasteiger partial charge in [-0.2, -0.15) is 0 Å². The molecule has 0 aromatic carbocycles. The van der Waals surface area contributed by atoms with E-state index in [4.69, 9.17) is 9.05 Å². The van der Waals surface area contributed by atoms with Crippen LogP contribution in [0, 0.1) is 5.41 Å². The zero-order chi connectivity index (χ0) is 17.0. The van der Waals surface area contributed by atoms with Gasteiger partial charge in [-0.05, 0) is 38.5 Å². The molecule has 0 aromatic rings. The zero-order valence-electron chi connectivity index (χ0n) is 14.6. The van der Waals surface area contributed by atoms with Crippen LogP contribution in [0.1, 0.15) is 33.1 Å². The molecule has 5 fully saturated rings. The molecule has 5 aliphatic rings. The summed E-state index contributed by atoms with van der Waals surface area (Å²) in [4.78, 5) is 16.8. The predicted molar refractivity (Wildman–Crippen MR) is 90.2 cm³/mol. The molecule has 3 aliphatic carbocycles. The minimum Gasteiger partial charge on any atom is -0.317 e. The molecule has 1 N–H and O–H groups in total. The lowest BCUT2D eigenvalue weighted by Crippen LogP contribution is -2.76. The summed E-state index contributed by atoms with van der Waals surface area (Å²) in [6, 6.07) is 0.516. The number of hydrogen-bond donors (Lipinski definition) is 1. The quantitative estimate of drug-likeness (QED) is 0.705. The molecule has 0 aromatic heterocycles. The van der Waals surface area contributed by atoms with Crippen LogP contribution in [0.25, 0.3) is 0 Å². The molecule has 24 heavy (non-hydrogen) atoms. The van der Waals surface area contributed by atoms with Crippen LogP contribution in [0.2, 0.25) is 0 Å². The molecule has 3 saturated carbocycles. The highest BCUT2D eigenvalue weighted by atomic mass is 31.2. The van der Waals surface area contributed by atoms with Crippen LogP contribution in [0.5, 0.6) is 0 Å². The Kier molecular flexibility index (Phi) is 3.99. The molecule has 8 heteroatoms. The molecule has 0 radical (unpaired) electrons. The van der Waals surface area contributed by atoms with E-state index in [2.05, 4.69) is 10.2 Å². The monoisotopic (exact) mass is 357 g/mol. The third-order valence-corrected chi connectivity index (χ3v) is 8.45. The maximum atomic E-state index is 12.8. The number of fused-ring (bicyclic) bond motifs is 1. The van der Waals surface area contributed by atoms with Crippen molar-refractivity contribution in [3.8, 4) is 0 Å². The summed E-state index contributed by atoms with van der Waals surface area (Å²) in [5.41, 5.74) is 0.0686. The third-order valence-electron chi connectivity index (χ3n) is 6.09. The summed E-state index contributed by atoms with van der Waals surface area (Å²) in [5.74, 6) is 0. The summed E-state index contributed by atoms with van der Waals surface area (Å²) in [5, 5.41) is 3.37. The second-order valence-corrected chi connectivity index (χ2v) is 9.86. The first-order valence-corrected chi connectivity index (χ1v) is 10.8. The van der Waals surface area contributed by atoms with Crippen LogP contribution in [-0.2, 0) is 13.6 Å². The minimum atomic E-state index is -2.99. The first-order valence-electron chi connectivity index (χ1n) is 9.12. The Hall–Kier alpha value is -0.620. The van der Waals surface area contributed by atoms with Gasteiger partial charge in [-0.3, -0.25) is 4.57 Å². The SMILES string of the molecule is CCOP(=O)(CC12CC(N3C[C@@H]4CNCCN4C3=O)(C1)C2)OCC. The number of carbonyl (C=O) groups is 1. The van der Waals surface area contributed by atoms with E-state index >= 15 is 0 Å². The molecule has 2 aliphatic heterocycles. The average molecular weight is 357 g/mol. The van der Waals surface area contributed by atoms with Crippen molar-refractivity contribution < 1.29 is 18.4 Å². The Labute approximate surface area is 143 Å². The minimum absolute atomic E-state index is 0.0116. The Morgan fingerprint density at radius 3 is 2.50 bits per heavy atom. The first-order chi connectivity index (χ1) is 11.4. The van der Waals surface area contributed by atoms with Crippen LogP contribution >= 0.6 is 7.60 Å². The van der Waals surface area contributed by atoms with E-state index in [1.807, 2.05) is 18.7 Å². The standard InChI is InChI=1S/C16H28N3O4P/c1-3-22-24(21,23-4-2)12-15-9-16(10-15,11-15)19-8-13-7-17-5-6-18(13)14(19)20/h13,17H,3-12H2,1-2H3/t13-,15?,16?/m0/s1. The number of hydrogen-bond acceptors (Lipinski definition) is 5. The second kappa shape index (κ2) is 5.70. The fourth-order valence-corrected chi connectivity index (χ4v) is 7.54. The van der Waals surface area contributed by atoms with E-state index in [1.165, 1.54) is 0 Å². The van der Waals surface area contributed by atoms with Crippen molar-refractivity contribution in [1.82, 2.24) is 15.1 Å². The molecule has 0 spiro atoms. The Bertz CT molecular complexity index is 554. The summed E-state index contributed by atoms with van der Waals surface area (Å²) in [6.45, 7) is 7.94. The summed E-state index contributed by atoms with van der Waals surface area (Å²) < 4.78 is 23.7. The maximum absolute atomic E-state index is 12.8. The topological polar surface area (TPSA) is 71.1 Å². The molecule has 2 amide bonds. The largest absolute Gasteiger partial charge is 0.331 e. The molecular weight excluding hydrogens is 329 g/mol. The van der Waals surface area contributed by atoms with Crippen molar-refractivity contribution in [3.63, 3.8) is 0 Å². The second-order valence-electron chi connectivity index (χ2n) is 7.80. The Morgan fingerprint density at radius 1 is 1.25 bits per heavy atom. The van der Waals surface area contributed by atoms with Gasteiger partial charge in [0.05, 0.1) is 25.4 Å². The number of nitrogens with one attached hydrogen (secondary N) is 1. The molecule has 1 atom stereocenters. The molecule has 136 valence electrons. The molecule has 7 nitrogen and oxygen atoms in total. The average Bonchev–Trinajstić information content (AvgIpc) is 2.80. The van der Waals surface area contributed by atoms with Crippen LogP contribution in [0.3, 0.4) is 0 Å². The van der Waals surface area contributed by atoms with Gasteiger partial charge in [0.15, 0.2) is 0 Å². The fourth-order valence-electron chi connectivity index (χ4n) is 5.34. The molecule has 0 unspecified atom stereocenters. The predicted octanol–water partition coefficient (Wildman–Crippen LogP) is 1.88. The normalized spacial score (nSPS) is 37.9. The highest BCUT2D eigenvalue weighted by Crippen LogP contribution is 2.74. The van der Waals surface area contributed by atoms with E-state index in [-0.39, 0.29) is 17.0 Å². The van der Waals surface area contributed by atoms with Crippen molar-refractivity contribution >= 4 is 13.6 Å². The van der Waals surface area contributed by atoms with E-state index in [9.17, 15) is 9.36 Å². The van der Waals surface area contributed by atoms with E-state index < -0.39 is 7.60 Å². The fraction of sp³-hybridized carbons (Fsp3) is 0.938. The van der Waals surface area contributed by atoms with Crippen LogP contribution < -0.4 is 5.32 Å². The van der Waals surface area contributed by atoms with Gasteiger partial charge < -0.3 is 24.2 Å². The van der Waals surface area contributed by atoms with E-state index in [1.54, 1.807) is 0 Å². The Morgan fingerprint density at radius 2 is 1.92 bits per heavy atom. The number of rotatable bonds is 7. The number of amides is 2. The lowest BCUT2D eigenvalue weighted by atomic mass is 9.39. The van der Waals surface area contributed by atoms with Crippen molar-refractivity contribution in [3.05, 3.63) is 0 Å². The van der Waals surface area contributed by atoms with Crippen molar-refractivity contribution in [1.29, 1.82) is 0 Å².